The summed E-state index contributed by atoms with van der Waals surface area (Å²) in [5.74, 6) is 0.987. The molecule has 1 heteroatoms. The van der Waals surface area contributed by atoms with Gasteiger partial charge in [-0.1, -0.05) is 56.5 Å². The lowest BCUT2D eigenvalue weighted by Gasteiger charge is -2.32. The first-order valence-electron chi connectivity index (χ1n) is 8.64. The van der Waals surface area contributed by atoms with Gasteiger partial charge in [0.25, 0.3) is 0 Å². The molecule has 112 valence electrons. The van der Waals surface area contributed by atoms with E-state index < -0.39 is 0 Å². The molecule has 1 saturated heterocycles. The predicted octanol–water partition coefficient (Wildman–Crippen LogP) is 4.91. The molecule has 0 N–H and O–H groups in total. The summed E-state index contributed by atoms with van der Waals surface area (Å²) in [5, 5.41) is 0. The molecule has 1 aromatic carbocycles. The van der Waals surface area contributed by atoms with Gasteiger partial charge in [0.2, 0.25) is 0 Å². The van der Waals surface area contributed by atoms with Crippen molar-refractivity contribution in [3.8, 4) is 0 Å². The fraction of sp³-hybridized carbons (Fsp3) is 0.684. The number of aryl methyl sites for hydroxylation is 1. The fourth-order valence-electron chi connectivity index (χ4n) is 3.32. The van der Waals surface area contributed by atoms with Gasteiger partial charge in [0.15, 0.2) is 0 Å². The van der Waals surface area contributed by atoms with E-state index in [0.717, 1.165) is 5.92 Å². The molecule has 0 aromatic heterocycles. The first-order valence-corrected chi connectivity index (χ1v) is 8.64. The SMILES string of the molecule is CCCCCN1CCC(CCCc2ccccc2)CC1. The number of hydrogen-bond donors (Lipinski definition) is 0. The van der Waals surface area contributed by atoms with Gasteiger partial charge < -0.3 is 4.90 Å². The lowest BCUT2D eigenvalue weighted by atomic mass is 9.90. The highest BCUT2D eigenvalue weighted by atomic mass is 15.1. The van der Waals surface area contributed by atoms with E-state index in [2.05, 4.69) is 42.2 Å². The van der Waals surface area contributed by atoms with Crippen molar-refractivity contribution in [2.45, 2.75) is 58.3 Å². The number of rotatable bonds is 8. The summed E-state index contributed by atoms with van der Waals surface area (Å²) in [6, 6.07) is 10.9. The predicted molar refractivity (Wildman–Crippen MR) is 88.1 cm³/mol. The van der Waals surface area contributed by atoms with Crippen LogP contribution in [-0.2, 0) is 6.42 Å². The van der Waals surface area contributed by atoms with Crippen LogP contribution in [0.25, 0.3) is 0 Å². The number of unbranched alkanes of at least 4 members (excludes halogenated alkanes) is 2. The largest absolute Gasteiger partial charge is 0.303 e. The van der Waals surface area contributed by atoms with E-state index in [1.54, 1.807) is 0 Å². The Hall–Kier alpha value is -0.820. The van der Waals surface area contributed by atoms with Gasteiger partial charge in [0, 0.05) is 0 Å². The van der Waals surface area contributed by atoms with E-state index in [0.29, 0.717) is 0 Å². The number of hydrogen-bond acceptors (Lipinski definition) is 1. The Balaban J connectivity index is 1.55. The van der Waals surface area contributed by atoms with Gasteiger partial charge in [-0.2, -0.15) is 0 Å². The van der Waals surface area contributed by atoms with Crippen molar-refractivity contribution in [2.75, 3.05) is 19.6 Å². The molecule has 0 aliphatic carbocycles. The summed E-state index contributed by atoms with van der Waals surface area (Å²) in [7, 11) is 0. The number of likely N-dealkylation sites (tertiary alicyclic amines) is 1. The summed E-state index contributed by atoms with van der Waals surface area (Å²) in [6.45, 7) is 6.32. The first-order chi connectivity index (χ1) is 9.88. The Morgan fingerprint density at radius 2 is 1.75 bits per heavy atom. The summed E-state index contributed by atoms with van der Waals surface area (Å²) >= 11 is 0. The summed E-state index contributed by atoms with van der Waals surface area (Å²) in [5.41, 5.74) is 1.50. The maximum absolute atomic E-state index is 2.68. The fourth-order valence-corrected chi connectivity index (χ4v) is 3.32. The van der Waals surface area contributed by atoms with E-state index in [1.165, 1.54) is 76.6 Å². The molecule has 0 unspecified atom stereocenters. The second-order valence-electron chi connectivity index (χ2n) is 6.37. The number of piperidine rings is 1. The van der Waals surface area contributed by atoms with E-state index in [4.69, 9.17) is 0 Å². The topological polar surface area (TPSA) is 3.24 Å². The van der Waals surface area contributed by atoms with Gasteiger partial charge in [-0.15, -0.1) is 0 Å². The molecule has 1 fully saturated rings. The number of nitrogens with zero attached hydrogens (tertiary/aromatic N) is 1. The summed E-state index contributed by atoms with van der Waals surface area (Å²) in [4.78, 5) is 2.68. The lowest BCUT2D eigenvalue weighted by molar-refractivity contribution is 0.175. The standard InChI is InChI=1S/C19H31N/c1-2-3-7-15-20-16-13-19(14-17-20)12-8-11-18-9-5-4-6-10-18/h4-6,9-10,19H,2-3,7-8,11-17H2,1H3. The third-order valence-corrected chi connectivity index (χ3v) is 4.71. The van der Waals surface area contributed by atoms with E-state index in [9.17, 15) is 0 Å². The Labute approximate surface area is 125 Å². The average molecular weight is 273 g/mol. The van der Waals surface area contributed by atoms with Gasteiger partial charge in [-0.25, -0.2) is 0 Å². The third kappa shape index (κ3) is 5.66. The summed E-state index contributed by atoms with van der Waals surface area (Å²) in [6.07, 6.45) is 11.1. The lowest BCUT2D eigenvalue weighted by Crippen LogP contribution is -2.34. The normalized spacial score (nSPS) is 17.4. The highest BCUT2D eigenvalue weighted by Gasteiger charge is 2.18. The molecule has 1 aromatic rings. The Bertz CT molecular complexity index is 338. The first kappa shape index (κ1) is 15.6. The molecule has 1 aliphatic rings. The maximum atomic E-state index is 2.68. The van der Waals surface area contributed by atoms with Crippen molar-refractivity contribution in [3.05, 3.63) is 35.9 Å². The molecule has 0 saturated carbocycles. The minimum absolute atomic E-state index is 0.987. The van der Waals surface area contributed by atoms with Crippen molar-refractivity contribution < 1.29 is 0 Å². The van der Waals surface area contributed by atoms with Crippen molar-refractivity contribution in [1.82, 2.24) is 4.90 Å². The van der Waals surface area contributed by atoms with E-state index in [1.807, 2.05) is 0 Å². The minimum Gasteiger partial charge on any atom is -0.303 e. The van der Waals surface area contributed by atoms with Crippen LogP contribution in [-0.4, -0.2) is 24.5 Å². The monoisotopic (exact) mass is 273 g/mol. The molecule has 0 atom stereocenters. The Morgan fingerprint density at radius 3 is 2.45 bits per heavy atom. The molecule has 1 nitrogen and oxygen atoms in total. The third-order valence-electron chi connectivity index (χ3n) is 4.71. The van der Waals surface area contributed by atoms with E-state index in [-0.39, 0.29) is 0 Å². The van der Waals surface area contributed by atoms with Crippen molar-refractivity contribution in [1.29, 1.82) is 0 Å². The van der Waals surface area contributed by atoms with Crippen LogP contribution in [0.5, 0.6) is 0 Å². The number of benzene rings is 1. The molecule has 0 amide bonds. The Kier molecular flexibility index (Phi) is 7.14. The van der Waals surface area contributed by atoms with Crippen LogP contribution in [0.1, 0.15) is 57.4 Å². The second-order valence-corrected chi connectivity index (χ2v) is 6.37. The van der Waals surface area contributed by atoms with E-state index >= 15 is 0 Å². The molecular formula is C19H31N. The quantitative estimate of drug-likeness (QED) is 0.608. The Morgan fingerprint density at radius 1 is 1.00 bits per heavy atom. The molecule has 1 aliphatic heterocycles. The van der Waals surface area contributed by atoms with Crippen LogP contribution in [0.2, 0.25) is 0 Å². The van der Waals surface area contributed by atoms with Crippen molar-refractivity contribution in [3.63, 3.8) is 0 Å². The highest BCUT2D eigenvalue weighted by Crippen LogP contribution is 2.23. The van der Waals surface area contributed by atoms with Crippen LogP contribution in [0.15, 0.2) is 30.3 Å². The van der Waals surface area contributed by atoms with Gasteiger partial charge in [-0.3, -0.25) is 0 Å². The minimum atomic E-state index is 0.987. The smallest absolute Gasteiger partial charge is 0.00161 e. The molecule has 0 radical (unpaired) electrons. The molecule has 20 heavy (non-hydrogen) atoms. The maximum Gasteiger partial charge on any atom is -0.00161 e. The molecule has 2 rings (SSSR count). The molecule has 0 bridgehead atoms. The van der Waals surface area contributed by atoms with Crippen molar-refractivity contribution in [2.24, 2.45) is 5.92 Å². The summed E-state index contributed by atoms with van der Waals surface area (Å²) < 4.78 is 0. The molecular weight excluding hydrogens is 242 g/mol. The van der Waals surface area contributed by atoms with Crippen molar-refractivity contribution >= 4 is 0 Å². The van der Waals surface area contributed by atoms with Crippen LogP contribution in [0.4, 0.5) is 0 Å². The average Bonchev–Trinajstić information content (AvgIpc) is 2.50. The highest BCUT2D eigenvalue weighted by molar-refractivity contribution is 5.14. The van der Waals surface area contributed by atoms with Crippen LogP contribution < -0.4 is 0 Å². The van der Waals surface area contributed by atoms with Gasteiger partial charge in [0.1, 0.15) is 0 Å². The van der Waals surface area contributed by atoms with Gasteiger partial charge >= 0.3 is 0 Å². The van der Waals surface area contributed by atoms with Crippen LogP contribution >= 0.6 is 0 Å². The van der Waals surface area contributed by atoms with Gasteiger partial charge in [0.05, 0.1) is 0 Å². The zero-order valence-electron chi connectivity index (χ0n) is 13.2. The zero-order valence-corrected chi connectivity index (χ0v) is 13.2. The van der Waals surface area contributed by atoms with Crippen LogP contribution in [0.3, 0.4) is 0 Å². The zero-order chi connectivity index (χ0) is 14.0. The van der Waals surface area contributed by atoms with Gasteiger partial charge in [-0.05, 0) is 63.2 Å². The second kappa shape index (κ2) is 9.18. The molecule has 1 heterocycles. The molecule has 0 spiro atoms. The van der Waals surface area contributed by atoms with Crippen LogP contribution in [0, 0.1) is 5.92 Å².